The zero-order chi connectivity index (χ0) is 17.1. The molecule has 0 aliphatic carbocycles. The molecule has 0 unspecified atom stereocenters. The Balaban J connectivity index is 1.58. The molecule has 2 saturated heterocycles. The Hall–Kier alpha value is -1.89. The van der Waals surface area contributed by atoms with Gasteiger partial charge in [0.15, 0.2) is 0 Å². The first kappa shape index (κ1) is 17.0. The normalized spacial score (nSPS) is 21.3. The zero-order valence-corrected chi connectivity index (χ0v) is 14.5. The van der Waals surface area contributed by atoms with E-state index in [9.17, 15) is 9.59 Å². The predicted molar refractivity (Wildman–Crippen MR) is 88.5 cm³/mol. The number of hydrogen-bond donors (Lipinski definition) is 1. The summed E-state index contributed by atoms with van der Waals surface area (Å²) in [7, 11) is 0. The Morgan fingerprint density at radius 1 is 1.25 bits per heavy atom. The molecule has 1 atom stereocenters. The summed E-state index contributed by atoms with van der Waals surface area (Å²) in [5, 5.41) is 7.21. The third-order valence-electron chi connectivity index (χ3n) is 5.11. The second kappa shape index (κ2) is 7.34. The lowest BCUT2D eigenvalue weighted by Crippen LogP contribution is -2.51. The fourth-order valence-corrected chi connectivity index (χ4v) is 3.46. The molecule has 2 aliphatic heterocycles. The van der Waals surface area contributed by atoms with Gasteiger partial charge in [-0.15, -0.1) is 0 Å². The number of aryl methyl sites for hydroxylation is 2. The number of carbonyl (C=O) groups is 2. The van der Waals surface area contributed by atoms with E-state index < -0.39 is 0 Å². The van der Waals surface area contributed by atoms with Gasteiger partial charge in [0.05, 0.1) is 18.9 Å². The summed E-state index contributed by atoms with van der Waals surface area (Å²) in [5.74, 6) is 0.134. The number of morpholine rings is 1. The number of ether oxygens (including phenoxy) is 1. The average molecular weight is 334 g/mol. The summed E-state index contributed by atoms with van der Waals surface area (Å²) in [6.07, 6.45) is 2.68. The molecule has 1 aromatic rings. The second-order valence-electron chi connectivity index (χ2n) is 6.60. The lowest BCUT2D eigenvalue weighted by Gasteiger charge is -2.32. The third kappa shape index (κ3) is 3.45. The van der Waals surface area contributed by atoms with Gasteiger partial charge in [0, 0.05) is 38.2 Å². The minimum atomic E-state index is -0.294. The SMILES string of the molecule is Cc1[nH]nc(CCC(=O)N2CCC[C@H]2C(=O)N2CCOCC2)c1C. The van der Waals surface area contributed by atoms with Crippen molar-refractivity contribution in [3.05, 3.63) is 17.0 Å². The summed E-state index contributed by atoms with van der Waals surface area (Å²) in [6.45, 7) is 7.10. The molecule has 7 heteroatoms. The largest absolute Gasteiger partial charge is 0.378 e. The first-order valence-corrected chi connectivity index (χ1v) is 8.74. The van der Waals surface area contributed by atoms with E-state index in [1.807, 2.05) is 18.7 Å². The summed E-state index contributed by atoms with van der Waals surface area (Å²) in [5.41, 5.74) is 3.10. The minimum absolute atomic E-state index is 0.0548. The highest BCUT2D eigenvalue weighted by atomic mass is 16.5. The number of aromatic nitrogens is 2. The van der Waals surface area contributed by atoms with Crippen molar-refractivity contribution in [1.29, 1.82) is 0 Å². The lowest BCUT2D eigenvalue weighted by atomic mass is 10.1. The van der Waals surface area contributed by atoms with Crippen LogP contribution in [0.3, 0.4) is 0 Å². The van der Waals surface area contributed by atoms with Crippen LogP contribution in [0, 0.1) is 13.8 Å². The molecular weight excluding hydrogens is 308 g/mol. The van der Waals surface area contributed by atoms with Crippen LogP contribution in [0.1, 0.15) is 36.2 Å². The third-order valence-corrected chi connectivity index (χ3v) is 5.11. The van der Waals surface area contributed by atoms with Crippen molar-refractivity contribution in [1.82, 2.24) is 20.0 Å². The van der Waals surface area contributed by atoms with E-state index in [-0.39, 0.29) is 17.9 Å². The van der Waals surface area contributed by atoms with Crippen molar-refractivity contribution in [2.75, 3.05) is 32.8 Å². The molecule has 132 valence electrons. The van der Waals surface area contributed by atoms with Gasteiger partial charge in [-0.3, -0.25) is 14.7 Å². The maximum Gasteiger partial charge on any atom is 0.245 e. The number of H-pyrrole nitrogens is 1. The highest BCUT2D eigenvalue weighted by molar-refractivity contribution is 5.88. The number of nitrogens with zero attached hydrogens (tertiary/aromatic N) is 3. The van der Waals surface area contributed by atoms with Gasteiger partial charge in [-0.2, -0.15) is 5.10 Å². The quantitative estimate of drug-likeness (QED) is 0.884. The van der Waals surface area contributed by atoms with Gasteiger partial charge in [0.25, 0.3) is 0 Å². The van der Waals surface area contributed by atoms with Crippen LogP contribution in [0.4, 0.5) is 0 Å². The van der Waals surface area contributed by atoms with E-state index in [0.29, 0.717) is 45.7 Å². The molecule has 3 heterocycles. The molecule has 0 radical (unpaired) electrons. The summed E-state index contributed by atoms with van der Waals surface area (Å²) < 4.78 is 5.30. The molecule has 0 bridgehead atoms. The first-order valence-electron chi connectivity index (χ1n) is 8.74. The van der Waals surface area contributed by atoms with Crippen LogP contribution < -0.4 is 0 Å². The summed E-state index contributed by atoms with van der Waals surface area (Å²) in [6, 6.07) is -0.294. The number of rotatable bonds is 4. The van der Waals surface area contributed by atoms with Gasteiger partial charge in [0.2, 0.25) is 11.8 Å². The molecule has 1 N–H and O–H groups in total. The number of aromatic amines is 1. The van der Waals surface area contributed by atoms with Gasteiger partial charge in [-0.25, -0.2) is 0 Å². The van der Waals surface area contributed by atoms with Gasteiger partial charge in [-0.1, -0.05) is 0 Å². The van der Waals surface area contributed by atoms with Crippen molar-refractivity contribution in [3.8, 4) is 0 Å². The Morgan fingerprint density at radius 2 is 2.00 bits per heavy atom. The Morgan fingerprint density at radius 3 is 2.67 bits per heavy atom. The lowest BCUT2D eigenvalue weighted by molar-refractivity contribution is -0.146. The maximum atomic E-state index is 12.7. The topological polar surface area (TPSA) is 78.5 Å². The van der Waals surface area contributed by atoms with E-state index in [2.05, 4.69) is 10.2 Å². The highest BCUT2D eigenvalue weighted by Gasteiger charge is 2.36. The van der Waals surface area contributed by atoms with Crippen LogP contribution in [-0.2, 0) is 20.7 Å². The monoisotopic (exact) mass is 334 g/mol. The number of amides is 2. The fraction of sp³-hybridized carbons (Fsp3) is 0.706. The molecule has 7 nitrogen and oxygen atoms in total. The van der Waals surface area contributed by atoms with Crippen molar-refractivity contribution in [3.63, 3.8) is 0 Å². The number of likely N-dealkylation sites (tertiary alicyclic amines) is 1. The fourth-order valence-electron chi connectivity index (χ4n) is 3.46. The molecular formula is C17H26N4O3. The molecule has 0 aromatic carbocycles. The van der Waals surface area contributed by atoms with Gasteiger partial charge in [0.1, 0.15) is 6.04 Å². The molecule has 2 fully saturated rings. The number of hydrogen-bond acceptors (Lipinski definition) is 4. The molecule has 24 heavy (non-hydrogen) atoms. The van der Waals surface area contributed by atoms with Crippen LogP contribution in [0.2, 0.25) is 0 Å². The van der Waals surface area contributed by atoms with Crippen molar-refractivity contribution in [2.45, 2.75) is 45.6 Å². The van der Waals surface area contributed by atoms with Crippen LogP contribution in [-0.4, -0.2) is 70.7 Å². The zero-order valence-electron chi connectivity index (χ0n) is 14.5. The average Bonchev–Trinajstić information content (AvgIpc) is 3.21. The molecule has 1 aromatic heterocycles. The van der Waals surface area contributed by atoms with Crippen LogP contribution in [0.15, 0.2) is 0 Å². The Labute approximate surface area is 142 Å². The molecule has 0 spiro atoms. The highest BCUT2D eigenvalue weighted by Crippen LogP contribution is 2.22. The maximum absolute atomic E-state index is 12.7. The van der Waals surface area contributed by atoms with Crippen molar-refractivity contribution in [2.24, 2.45) is 0 Å². The Bertz CT molecular complexity index is 607. The van der Waals surface area contributed by atoms with Crippen LogP contribution >= 0.6 is 0 Å². The summed E-state index contributed by atoms with van der Waals surface area (Å²) in [4.78, 5) is 28.9. The molecule has 2 amide bonds. The second-order valence-corrected chi connectivity index (χ2v) is 6.60. The summed E-state index contributed by atoms with van der Waals surface area (Å²) >= 11 is 0. The minimum Gasteiger partial charge on any atom is -0.378 e. The first-order chi connectivity index (χ1) is 11.6. The van der Waals surface area contributed by atoms with Gasteiger partial charge >= 0.3 is 0 Å². The van der Waals surface area contributed by atoms with Crippen LogP contribution in [0.25, 0.3) is 0 Å². The van der Waals surface area contributed by atoms with Crippen molar-refractivity contribution >= 4 is 11.8 Å². The van der Waals surface area contributed by atoms with Crippen molar-refractivity contribution < 1.29 is 14.3 Å². The number of carbonyl (C=O) groups excluding carboxylic acids is 2. The predicted octanol–water partition coefficient (Wildman–Crippen LogP) is 0.809. The molecule has 2 aliphatic rings. The van der Waals surface area contributed by atoms with E-state index in [4.69, 9.17) is 4.74 Å². The van der Waals surface area contributed by atoms with E-state index in [1.165, 1.54) is 0 Å². The smallest absolute Gasteiger partial charge is 0.245 e. The van der Waals surface area contributed by atoms with Crippen LogP contribution in [0.5, 0.6) is 0 Å². The van der Waals surface area contributed by atoms with Gasteiger partial charge < -0.3 is 14.5 Å². The molecule has 0 saturated carbocycles. The number of nitrogens with one attached hydrogen (secondary N) is 1. The molecule has 3 rings (SSSR count). The standard InChI is InChI=1S/C17H26N4O3/c1-12-13(2)18-19-14(12)5-6-16(22)21-7-3-4-15(21)17(23)20-8-10-24-11-9-20/h15H,3-11H2,1-2H3,(H,18,19)/t15-/m0/s1. The van der Waals surface area contributed by atoms with E-state index in [0.717, 1.165) is 29.8 Å². The van der Waals surface area contributed by atoms with E-state index in [1.54, 1.807) is 4.90 Å². The van der Waals surface area contributed by atoms with E-state index >= 15 is 0 Å². The Kier molecular flexibility index (Phi) is 5.18. The van der Waals surface area contributed by atoms with Gasteiger partial charge in [-0.05, 0) is 32.3 Å².